The van der Waals surface area contributed by atoms with Crippen molar-refractivity contribution in [3.05, 3.63) is 54.1 Å². The van der Waals surface area contributed by atoms with Gasteiger partial charge in [-0.2, -0.15) is 13.2 Å². The smallest absolute Gasteiger partial charge is 0.380 e. The lowest BCUT2D eigenvalue weighted by Crippen LogP contribution is -2.64. The van der Waals surface area contributed by atoms with Gasteiger partial charge in [-0.25, -0.2) is 4.98 Å². The third kappa shape index (κ3) is 3.39. The van der Waals surface area contributed by atoms with Crippen molar-refractivity contribution < 1.29 is 17.9 Å². The van der Waals surface area contributed by atoms with Crippen molar-refractivity contribution in [1.29, 1.82) is 0 Å². The SMILES string of the molecule is FC(F)(F)c1ccc(N2CC3(CC(C(c4cccnc4)N4CCC5(COC5)C4)C3)C2)cn1. The maximum atomic E-state index is 12.8. The van der Waals surface area contributed by atoms with Crippen LogP contribution in [-0.2, 0) is 10.9 Å². The third-order valence-electron chi connectivity index (χ3n) is 8.00. The fraction of sp³-hybridized carbons (Fsp3) is 0.583. The molecule has 0 radical (unpaired) electrons. The highest BCUT2D eigenvalue weighted by Gasteiger charge is 2.56. The van der Waals surface area contributed by atoms with Gasteiger partial charge >= 0.3 is 6.18 Å². The van der Waals surface area contributed by atoms with Crippen molar-refractivity contribution in [3.63, 3.8) is 0 Å². The van der Waals surface area contributed by atoms with E-state index in [1.54, 1.807) is 6.07 Å². The van der Waals surface area contributed by atoms with Crippen LogP contribution in [0.15, 0.2) is 42.9 Å². The van der Waals surface area contributed by atoms with Crippen molar-refractivity contribution in [2.24, 2.45) is 16.7 Å². The van der Waals surface area contributed by atoms with E-state index in [-0.39, 0.29) is 5.41 Å². The topological polar surface area (TPSA) is 41.5 Å². The Morgan fingerprint density at radius 1 is 1.03 bits per heavy atom. The molecule has 5 heterocycles. The first-order valence-electron chi connectivity index (χ1n) is 11.3. The molecule has 8 heteroatoms. The summed E-state index contributed by atoms with van der Waals surface area (Å²) in [6, 6.07) is 7.23. The Bertz CT molecular complexity index is 963. The summed E-state index contributed by atoms with van der Waals surface area (Å²) in [5.41, 5.74) is 1.88. The van der Waals surface area contributed by atoms with Crippen molar-refractivity contribution >= 4 is 5.69 Å². The van der Waals surface area contributed by atoms with E-state index in [0.29, 0.717) is 17.4 Å². The summed E-state index contributed by atoms with van der Waals surface area (Å²) in [5, 5.41) is 0. The summed E-state index contributed by atoms with van der Waals surface area (Å²) < 4.78 is 43.8. The van der Waals surface area contributed by atoms with Crippen LogP contribution in [0.1, 0.15) is 36.6 Å². The summed E-state index contributed by atoms with van der Waals surface area (Å²) in [4.78, 5) is 12.8. The number of hydrogen-bond acceptors (Lipinski definition) is 5. The van der Waals surface area contributed by atoms with Crippen LogP contribution in [0.3, 0.4) is 0 Å². The molecule has 1 atom stereocenters. The fourth-order valence-electron chi connectivity index (χ4n) is 6.39. The van der Waals surface area contributed by atoms with E-state index in [2.05, 4.69) is 25.8 Å². The molecule has 0 bridgehead atoms. The van der Waals surface area contributed by atoms with Crippen LogP contribution in [-0.4, -0.2) is 54.3 Å². The lowest BCUT2D eigenvalue weighted by atomic mass is 9.55. The number of likely N-dealkylation sites (tertiary alicyclic amines) is 1. The molecular weight excluding hydrogens is 417 g/mol. The van der Waals surface area contributed by atoms with Gasteiger partial charge in [-0.3, -0.25) is 9.88 Å². The second-order valence-electron chi connectivity index (χ2n) is 10.4. The van der Waals surface area contributed by atoms with Crippen molar-refractivity contribution in [1.82, 2.24) is 14.9 Å². The van der Waals surface area contributed by atoms with Crippen molar-refractivity contribution in [2.75, 3.05) is 44.3 Å². The van der Waals surface area contributed by atoms with Gasteiger partial charge in [0.1, 0.15) is 5.69 Å². The van der Waals surface area contributed by atoms with Gasteiger partial charge in [-0.15, -0.1) is 0 Å². The van der Waals surface area contributed by atoms with E-state index < -0.39 is 11.9 Å². The van der Waals surface area contributed by atoms with Crippen LogP contribution >= 0.6 is 0 Å². The molecule has 3 aliphatic heterocycles. The summed E-state index contributed by atoms with van der Waals surface area (Å²) in [5.74, 6) is 0.586. The second kappa shape index (κ2) is 7.15. The molecular formula is C24H27F3N4O. The largest absolute Gasteiger partial charge is 0.433 e. The predicted octanol–water partition coefficient (Wildman–Crippen LogP) is 4.18. The summed E-state index contributed by atoms with van der Waals surface area (Å²) >= 11 is 0. The number of halogens is 3. The summed E-state index contributed by atoms with van der Waals surface area (Å²) in [7, 11) is 0. The van der Waals surface area contributed by atoms with Gasteiger partial charge < -0.3 is 9.64 Å². The second-order valence-corrected chi connectivity index (χ2v) is 10.4. The predicted molar refractivity (Wildman–Crippen MR) is 113 cm³/mol. The summed E-state index contributed by atoms with van der Waals surface area (Å²) in [6.07, 6.45) is 4.31. The lowest BCUT2D eigenvalue weighted by Gasteiger charge is -2.62. The minimum absolute atomic E-state index is 0.283. The average Bonchev–Trinajstić information content (AvgIpc) is 3.15. The fourth-order valence-corrected chi connectivity index (χ4v) is 6.39. The number of ether oxygens (including phenoxy) is 1. The van der Waals surface area contributed by atoms with Gasteiger partial charge in [-0.1, -0.05) is 6.07 Å². The van der Waals surface area contributed by atoms with Gasteiger partial charge in [0.05, 0.1) is 25.1 Å². The maximum Gasteiger partial charge on any atom is 0.433 e. The molecule has 2 aromatic rings. The molecule has 6 rings (SSSR count). The van der Waals surface area contributed by atoms with Crippen molar-refractivity contribution in [3.8, 4) is 0 Å². The molecule has 32 heavy (non-hydrogen) atoms. The molecule has 2 aromatic heterocycles. The molecule has 0 aromatic carbocycles. The highest BCUT2D eigenvalue weighted by atomic mass is 19.4. The van der Waals surface area contributed by atoms with Crippen molar-refractivity contribution in [2.45, 2.75) is 31.5 Å². The molecule has 1 aliphatic carbocycles. The molecule has 5 nitrogen and oxygen atoms in total. The lowest BCUT2D eigenvalue weighted by molar-refractivity contribution is -0.141. The molecule has 170 valence electrons. The molecule has 0 N–H and O–H groups in total. The summed E-state index contributed by atoms with van der Waals surface area (Å²) in [6.45, 7) is 5.76. The Labute approximate surface area is 185 Å². The van der Waals surface area contributed by atoms with Crippen LogP contribution in [0.5, 0.6) is 0 Å². The van der Waals surface area contributed by atoms with Gasteiger partial charge in [0.15, 0.2) is 0 Å². The minimum atomic E-state index is -4.39. The molecule has 2 spiro atoms. The third-order valence-corrected chi connectivity index (χ3v) is 8.00. The standard InChI is InChI=1S/C24H27F3N4O/c25-24(26,27)20-4-3-19(11-29-20)31-13-23(14-31)8-18(9-23)21(17-2-1-6-28-10-17)30-7-5-22(12-30)15-32-16-22/h1-4,6,10-11,18,21H,5,7-9,12-16H2. The van der Waals surface area contributed by atoms with Crippen LogP contribution in [0.25, 0.3) is 0 Å². The Morgan fingerprint density at radius 2 is 1.84 bits per heavy atom. The Morgan fingerprint density at radius 3 is 2.41 bits per heavy atom. The van der Waals surface area contributed by atoms with Crippen LogP contribution < -0.4 is 4.90 Å². The van der Waals surface area contributed by atoms with Crippen LogP contribution in [0, 0.1) is 16.7 Å². The zero-order chi connectivity index (χ0) is 22.0. The molecule has 0 amide bonds. The number of aromatic nitrogens is 2. The molecule has 1 saturated carbocycles. The average molecular weight is 445 g/mol. The van der Waals surface area contributed by atoms with Gasteiger partial charge in [0, 0.05) is 48.9 Å². The quantitative estimate of drug-likeness (QED) is 0.708. The van der Waals surface area contributed by atoms with Gasteiger partial charge in [-0.05, 0) is 55.5 Å². The molecule has 3 saturated heterocycles. The monoisotopic (exact) mass is 444 g/mol. The zero-order valence-corrected chi connectivity index (χ0v) is 17.9. The number of rotatable bonds is 4. The minimum Gasteiger partial charge on any atom is -0.380 e. The van der Waals surface area contributed by atoms with Crippen LogP contribution in [0.2, 0.25) is 0 Å². The van der Waals surface area contributed by atoms with E-state index in [1.165, 1.54) is 18.2 Å². The first kappa shape index (κ1) is 20.4. The zero-order valence-electron chi connectivity index (χ0n) is 17.9. The van der Waals surface area contributed by atoms with E-state index >= 15 is 0 Å². The number of alkyl halides is 3. The van der Waals surface area contributed by atoms with Gasteiger partial charge in [0.2, 0.25) is 0 Å². The first-order chi connectivity index (χ1) is 15.3. The van der Waals surface area contributed by atoms with Gasteiger partial charge in [0.25, 0.3) is 0 Å². The van der Waals surface area contributed by atoms with E-state index in [4.69, 9.17) is 4.74 Å². The highest BCUT2D eigenvalue weighted by molar-refractivity contribution is 5.49. The van der Waals surface area contributed by atoms with Crippen LogP contribution in [0.4, 0.5) is 18.9 Å². The van der Waals surface area contributed by atoms with E-state index in [0.717, 1.165) is 64.0 Å². The molecule has 4 aliphatic rings. The van der Waals surface area contributed by atoms with E-state index in [9.17, 15) is 13.2 Å². The normalized spacial score (nSPS) is 25.4. The molecule has 4 fully saturated rings. The number of nitrogens with zero attached hydrogens (tertiary/aromatic N) is 4. The first-order valence-corrected chi connectivity index (χ1v) is 11.3. The number of hydrogen-bond donors (Lipinski definition) is 0. The van der Waals surface area contributed by atoms with E-state index in [1.807, 2.05) is 18.5 Å². The maximum absolute atomic E-state index is 12.8. The Balaban J connectivity index is 1.12. The number of anilines is 1. The Kier molecular flexibility index (Phi) is 4.56. The molecule has 1 unspecified atom stereocenters. The Hall–Kier alpha value is -2.19. The highest BCUT2D eigenvalue weighted by Crippen LogP contribution is 2.58. The number of pyridine rings is 2.